The van der Waals surface area contributed by atoms with Gasteiger partial charge in [0, 0.05) is 42.5 Å². The number of pyridine rings is 1. The van der Waals surface area contributed by atoms with E-state index < -0.39 is 12.8 Å². The first-order valence-electron chi connectivity index (χ1n) is 12.8. The molecule has 0 unspecified atom stereocenters. The number of hydrogen-bond acceptors (Lipinski definition) is 6. The summed E-state index contributed by atoms with van der Waals surface area (Å²) in [4.78, 5) is 30.5. The predicted octanol–water partition coefficient (Wildman–Crippen LogP) is 5.67. The lowest BCUT2D eigenvalue weighted by atomic mass is 10.1. The number of benzene rings is 2. The lowest BCUT2D eigenvalue weighted by molar-refractivity contribution is -0.153. The first kappa shape index (κ1) is 27.0. The molecule has 1 fully saturated rings. The van der Waals surface area contributed by atoms with Crippen molar-refractivity contribution < 1.29 is 27.5 Å². The van der Waals surface area contributed by atoms with Crippen LogP contribution in [0.25, 0.3) is 16.8 Å². The van der Waals surface area contributed by atoms with Gasteiger partial charge in [-0.3, -0.25) is 9.59 Å². The number of amides is 2. The number of nitrogens with zero attached hydrogens (tertiary/aromatic N) is 4. The van der Waals surface area contributed by atoms with Crippen LogP contribution in [-0.2, 0) is 4.79 Å². The smallest absolute Gasteiger partial charge is 0.422 e. The molecule has 1 saturated heterocycles. The van der Waals surface area contributed by atoms with Crippen LogP contribution in [0.5, 0.6) is 5.75 Å². The summed E-state index contributed by atoms with van der Waals surface area (Å²) in [6.07, 6.45) is -0.604. The lowest BCUT2D eigenvalue weighted by Gasteiger charge is -2.18. The van der Waals surface area contributed by atoms with Crippen molar-refractivity contribution in [3.05, 3.63) is 66.4 Å². The fourth-order valence-electron chi connectivity index (χ4n) is 4.36. The van der Waals surface area contributed by atoms with E-state index in [4.69, 9.17) is 4.74 Å². The molecule has 1 aliphatic rings. The Kier molecular flexibility index (Phi) is 7.58. The van der Waals surface area contributed by atoms with Crippen LogP contribution in [0, 0.1) is 0 Å². The normalized spacial score (nSPS) is 13.4. The summed E-state index contributed by atoms with van der Waals surface area (Å²) >= 11 is 0. The van der Waals surface area contributed by atoms with Crippen molar-refractivity contribution in [1.82, 2.24) is 19.5 Å². The molecular formula is C28H27F3N6O3. The van der Waals surface area contributed by atoms with E-state index in [0.29, 0.717) is 30.8 Å². The average molecular weight is 553 g/mol. The van der Waals surface area contributed by atoms with Gasteiger partial charge in [-0.05, 0) is 60.9 Å². The third-order valence-electron chi connectivity index (χ3n) is 6.41. The van der Waals surface area contributed by atoms with Gasteiger partial charge in [0.05, 0.1) is 5.69 Å². The minimum atomic E-state index is -4.55. The first-order chi connectivity index (χ1) is 19.2. The van der Waals surface area contributed by atoms with Gasteiger partial charge in [-0.25, -0.2) is 4.52 Å². The summed E-state index contributed by atoms with van der Waals surface area (Å²) < 4.78 is 45.5. The third kappa shape index (κ3) is 6.33. The Morgan fingerprint density at radius 2 is 1.73 bits per heavy atom. The molecule has 0 radical (unpaired) electrons. The second-order valence-corrected chi connectivity index (χ2v) is 9.37. The van der Waals surface area contributed by atoms with Crippen molar-refractivity contribution in [2.24, 2.45) is 0 Å². The number of nitrogens with one attached hydrogen (secondary N) is 2. The number of rotatable bonds is 8. The molecule has 0 spiro atoms. The van der Waals surface area contributed by atoms with Crippen LogP contribution in [0.15, 0.2) is 60.8 Å². The second kappa shape index (κ2) is 11.2. The number of aromatic nitrogens is 3. The average Bonchev–Trinajstić information content (AvgIpc) is 3.61. The molecule has 0 saturated carbocycles. The van der Waals surface area contributed by atoms with E-state index in [0.717, 1.165) is 24.0 Å². The number of hydrogen-bond donors (Lipinski definition) is 2. The zero-order valence-electron chi connectivity index (χ0n) is 21.7. The lowest BCUT2D eigenvalue weighted by Crippen LogP contribution is -2.27. The molecule has 2 aromatic carbocycles. The molecule has 9 nitrogen and oxygen atoms in total. The van der Waals surface area contributed by atoms with Gasteiger partial charge in [0.1, 0.15) is 5.75 Å². The fourth-order valence-corrected chi connectivity index (χ4v) is 4.36. The summed E-state index contributed by atoms with van der Waals surface area (Å²) in [5.74, 6) is -0.306. The number of carbonyl (C=O) groups excluding carboxylic acids is 2. The Balaban J connectivity index is 1.38. The van der Waals surface area contributed by atoms with E-state index in [-0.39, 0.29) is 34.8 Å². The van der Waals surface area contributed by atoms with Gasteiger partial charge in [0.2, 0.25) is 11.9 Å². The summed E-state index contributed by atoms with van der Waals surface area (Å²) in [6.45, 7) is 1.50. The van der Waals surface area contributed by atoms with Crippen LogP contribution in [0.2, 0.25) is 0 Å². The van der Waals surface area contributed by atoms with Crippen LogP contribution in [0.4, 0.5) is 30.5 Å². The van der Waals surface area contributed by atoms with Gasteiger partial charge in [0.25, 0.3) is 5.91 Å². The molecule has 1 aliphatic heterocycles. The SMILES string of the molecule is CCC(=O)Nc1ccc(-c2ccc3nc(Nc4ccc(C(=O)N5CCCC5)cc4OCC(F)(F)F)nn3c2)cc1. The van der Waals surface area contributed by atoms with Gasteiger partial charge < -0.3 is 20.3 Å². The Morgan fingerprint density at radius 1 is 1.00 bits per heavy atom. The molecule has 40 heavy (non-hydrogen) atoms. The van der Waals surface area contributed by atoms with Crippen molar-refractivity contribution in [3.8, 4) is 16.9 Å². The largest absolute Gasteiger partial charge is 0.482 e. The third-order valence-corrected chi connectivity index (χ3v) is 6.41. The van der Waals surface area contributed by atoms with Crippen molar-refractivity contribution in [3.63, 3.8) is 0 Å². The minimum Gasteiger partial charge on any atom is -0.482 e. The van der Waals surface area contributed by atoms with E-state index in [1.807, 2.05) is 30.3 Å². The Bertz CT molecular complexity index is 1530. The zero-order valence-corrected chi connectivity index (χ0v) is 21.7. The van der Waals surface area contributed by atoms with E-state index in [9.17, 15) is 22.8 Å². The quantitative estimate of drug-likeness (QED) is 0.292. The van der Waals surface area contributed by atoms with Crippen LogP contribution in [0.1, 0.15) is 36.5 Å². The molecule has 5 rings (SSSR count). The summed E-state index contributed by atoms with van der Waals surface area (Å²) in [7, 11) is 0. The van der Waals surface area contributed by atoms with Crippen molar-refractivity contribution in [2.45, 2.75) is 32.4 Å². The van der Waals surface area contributed by atoms with Gasteiger partial charge in [-0.15, -0.1) is 5.10 Å². The molecule has 208 valence electrons. The minimum absolute atomic E-state index is 0.0726. The Labute approximate surface area is 228 Å². The van der Waals surface area contributed by atoms with Crippen molar-refractivity contribution >= 4 is 34.8 Å². The molecule has 2 aromatic heterocycles. The monoisotopic (exact) mass is 552 g/mol. The molecule has 0 bridgehead atoms. The predicted molar refractivity (Wildman–Crippen MR) is 144 cm³/mol. The number of ether oxygens (including phenoxy) is 1. The van der Waals surface area contributed by atoms with Crippen LogP contribution in [-0.4, -0.2) is 57.2 Å². The van der Waals surface area contributed by atoms with Gasteiger partial charge in [-0.1, -0.05) is 19.1 Å². The van der Waals surface area contributed by atoms with Crippen molar-refractivity contribution in [1.29, 1.82) is 0 Å². The summed E-state index contributed by atoms with van der Waals surface area (Å²) in [5.41, 5.74) is 3.39. The highest BCUT2D eigenvalue weighted by Gasteiger charge is 2.29. The van der Waals surface area contributed by atoms with Crippen molar-refractivity contribution in [2.75, 3.05) is 30.3 Å². The van der Waals surface area contributed by atoms with Crippen LogP contribution in [0.3, 0.4) is 0 Å². The number of carbonyl (C=O) groups is 2. The summed E-state index contributed by atoms with van der Waals surface area (Å²) in [5, 5.41) is 10.1. The van der Waals surface area contributed by atoms with Gasteiger partial charge in [0.15, 0.2) is 12.3 Å². The Hall–Kier alpha value is -4.61. The molecule has 4 aromatic rings. The highest BCUT2D eigenvalue weighted by atomic mass is 19.4. The summed E-state index contributed by atoms with van der Waals surface area (Å²) in [6, 6.07) is 15.3. The maximum atomic E-state index is 12.9. The van der Waals surface area contributed by atoms with Crippen LogP contribution < -0.4 is 15.4 Å². The molecule has 3 heterocycles. The van der Waals surface area contributed by atoms with E-state index in [1.54, 1.807) is 34.7 Å². The molecule has 0 atom stereocenters. The number of halogens is 3. The zero-order chi connectivity index (χ0) is 28.3. The molecule has 2 N–H and O–H groups in total. The number of anilines is 3. The maximum absolute atomic E-state index is 12.9. The van der Waals surface area contributed by atoms with E-state index in [1.165, 1.54) is 12.1 Å². The highest BCUT2D eigenvalue weighted by Crippen LogP contribution is 2.31. The van der Waals surface area contributed by atoms with E-state index in [2.05, 4.69) is 20.7 Å². The maximum Gasteiger partial charge on any atom is 0.422 e. The van der Waals surface area contributed by atoms with E-state index >= 15 is 0 Å². The number of fused-ring (bicyclic) bond motifs is 1. The second-order valence-electron chi connectivity index (χ2n) is 9.37. The molecule has 12 heteroatoms. The number of likely N-dealkylation sites (tertiary alicyclic amines) is 1. The molecule has 2 amide bonds. The standard InChI is InChI=1S/C28H27F3N6O3/c1-2-25(38)32-21-9-5-18(6-10-21)20-8-12-24-34-27(35-37(24)16-20)33-22-11-7-19(26(39)36-13-3-4-14-36)15-23(22)40-17-28(29,30)31/h5-12,15-16H,2-4,13-14,17H2,1H3,(H,32,38)(H,33,35). The fraction of sp³-hybridized carbons (Fsp3) is 0.286. The number of alkyl halides is 3. The molecular weight excluding hydrogens is 525 g/mol. The first-order valence-corrected chi connectivity index (χ1v) is 12.8. The topological polar surface area (TPSA) is 101 Å². The van der Waals surface area contributed by atoms with Gasteiger partial charge >= 0.3 is 6.18 Å². The van der Waals surface area contributed by atoms with Crippen LogP contribution >= 0.6 is 0 Å². The highest BCUT2D eigenvalue weighted by molar-refractivity contribution is 5.95. The Morgan fingerprint density at radius 3 is 2.42 bits per heavy atom. The molecule has 0 aliphatic carbocycles. The van der Waals surface area contributed by atoms with Gasteiger partial charge in [-0.2, -0.15) is 18.2 Å².